The van der Waals surface area contributed by atoms with Crippen molar-refractivity contribution in [3.05, 3.63) is 24.3 Å². The SMILES string of the molecule is CC[C@H](CO)NS(=O)(=O)CCSc1ccc(N)cc1. The Morgan fingerprint density at radius 1 is 1.37 bits per heavy atom. The van der Waals surface area contributed by atoms with E-state index in [0.717, 1.165) is 4.90 Å². The number of anilines is 1. The zero-order valence-electron chi connectivity index (χ0n) is 10.9. The molecule has 0 amide bonds. The summed E-state index contributed by atoms with van der Waals surface area (Å²) in [5.41, 5.74) is 6.26. The molecule has 7 heteroatoms. The predicted octanol–water partition coefficient (Wildman–Crippen LogP) is 1.05. The molecule has 0 aliphatic heterocycles. The van der Waals surface area contributed by atoms with Crippen LogP contribution in [0.2, 0.25) is 0 Å². The van der Waals surface area contributed by atoms with Crippen molar-refractivity contribution in [1.29, 1.82) is 0 Å². The Hall–Kier alpha value is -0.760. The second-order valence-electron chi connectivity index (χ2n) is 4.14. The third-order valence-electron chi connectivity index (χ3n) is 2.56. The summed E-state index contributed by atoms with van der Waals surface area (Å²) < 4.78 is 26.0. The molecule has 0 aliphatic carbocycles. The van der Waals surface area contributed by atoms with Gasteiger partial charge in [-0.05, 0) is 30.7 Å². The standard InChI is InChI=1S/C12H20N2O3S2/c1-2-11(9-15)14-19(16,17)8-7-18-12-5-3-10(13)4-6-12/h3-6,11,14-15H,2,7-9,13H2,1H3/t11-/m1/s1. The van der Waals surface area contributed by atoms with Crippen molar-refractivity contribution in [2.24, 2.45) is 0 Å². The van der Waals surface area contributed by atoms with Crippen molar-refractivity contribution in [2.45, 2.75) is 24.3 Å². The Morgan fingerprint density at radius 3 is 2.53 bits per heavy atom. The summed E-state index contributed by atoms with van der Waals surface area (Å²) in [6, 6.07) is 6.90. The topological polar surface area (TPSA) is 92.4 Å². The van der Waals surface area contributed by atoms with Crippen molar-refractivity contribution in [3.63, 3.8) is 0 Å². The van der Waals surface area contributed by atoms with Crippen molar-refractivity contribution in [1.82, 2.24) is 4.72 Å². The normalized spacial score (nSPS) is 13.4. The lowest BCUT2D eigenvalue weighted by atomic mass is 10.3. The van der Waals surface area contributed by atoms with Crippen LogP contribution in [-0.2, 0) is 10.0 Å². The van der Waals surface area contributed by atoms with Crippen LogP contribution in [0.4, 0.5) is 5.69 Å². The molecular formula is C12H20N2O3S2. The molecule has 1 aromatic rings. The number of hydrogen-bond acceptors (Lipinski definition) is 5. The average molecular weight is 304 g/mol. The van der Waals surface area contributed by atoms with Gasteiger partial charge in [-0.25, -0.2) is 13.1 Å². The molecule has 0 fully saturated rings. The Morgan fingerprint density at radius 2 is 2.00 bits per heavy atom. The first kappa shape index (κ1) is 16.3. The van der Waals surface area contributed by atoms with Crippen molar-refractivity contribution in [2.75, 3.05) is 23.8 Å². The molecule has 4 N–H and O–H groups in total. The fourth-order valence-electron chi connectivity index (χ4n) is 1.40. The van der Waals surface area contributed by atoms with E-state index in [4.69, 9.17) is 10.8 Å². The number of aliphatic hydroxyl groups is 1. The lowest BCUT2D eigenvalue weighted by molar-refractivity contribution is 0.254. The maximum atomic E-state index is 11.7. The maximum absolute atomic E-state index is 11.7. The first-order valence-electron chi connectivity index (χ1n) is 6.06. The van der Waals surface area contributed by atoms with E-state index in [-0.39, 0.29) is 12.4 Å². The average Bonchev–Trinajstić information content (AvgIpc) is 2.38. The van der Waals surface area contributed by atoms with E-state index >= 15 is 0 Å². The lowest BCUT2D eigenvalue weighted by Gasteiger charge is -2.14. The molecule has 0 aromatic heterocycles. The van der Waals surface area contributed by atoms with Crippen LogP contribution in [0.1, 0.15) is 13.3 Å². The minimum Gasteiger partial charge on any atom is -0.399 e. The molecule has 0 radical (unpaired) electrons. The van der Waals surface area contributed by atoms with Crippen molar-refractivity contribution >= 4 is 27.5 Å². The van der Waals surface area contributed by atoms with Gasteiger partial charge in [0.05, 0.1) is 12.4 Å². The predicted molar refractivity (Wildman–Crippen MR) is 79.7 cm³/mol. The summed E-state index contributed by atoms with van der Waals surface area (Å²) >= 11 is 1.46. The number of rotatable bonds is 8. The van der Waals surface area contributed by atoms with Gasteiger partial charge in [0, 0.05) is 22.4 Å². The maximum Gasteiger partial charge on any atom is 0.212 e. The number of nitrogen functional groups attached to an aromatic ring is 1. The van der Waals surface area contributed by atoms with E-state index in [9.17, 15) is 8.42 Å². The minimum absolute atomic E-state index is 0.0263. The van der Waals surface area contributed by atoms with Crippen LogP contribution in [0.5, 0.6) is 0 Å². The van der Waals surface area contributed by atoms with Gasteiger partial charge in [-0.1, -0.05) is 6.92 Å². The first-order chi connectivity index (χ1) is 8.96. The van der Waals surface area contributed by atoms with Crippen LogP contribution in [0.3, 0.4) is 0 Å². The van der Waals surface area contributed by atoms with E-state index in [1.165, 1.54) is 11.8 Å². The smallest absolute Gasteiger partial charge is 0.212 e. The Balaban J connectivity index is 2.41. The quantitative estimate of drug-likeness (QED) is 0.493. The zero-order chi connectivity index (χ0) is 14.3. The molecule has 19 heavy (non-hydrogen) atoms. The highest BCUT2D eigenvalue weighted by Gasteiger charge is 2.15. The minimum atomic E-state index is -3.34. The summed E-state index contributed by atoms with van der Waals surface area (Å²) in [5, 5.41) is 8.97. The fourth-order valence-corrected chi connectivity index (χ4v) is 4.04. The van der Waals surface area contributed by atoms with E-state index in [1.807, 2.05) is 19.1 Å². The second kappa shape index (κ2) is 7.74. The number of aliphatic hydroxyl groups excluding tert-OH is 1. The van der Waals surface area contributed by atoms with Gasteiger partial charge in [0.1, 0.15) is 0 Å². The molecule has 0 unspecified atom stereocenters. The summed E-state index contributed by atoms with van der Waals surface area (Å²) in [6.07, 6.45) is 0.570. The molecule has 1 rings (SSSR count). The van der Waals surface area contributed by atoms with Crippen LogP contribution < -0.4 is 10.5 Å². The number of nitrogens with one attached hydrogen (secondary N) is 1. The van der Waals surface area contributed by atoms with Crippen LogP contribution >= 0.6 is 11.8 Å². The van der Waals surface area contributed by atoms with Crippen LogP contribution in [0.25, 0.3) is 0 Å². The van der Waals surface area contributed by atoms with Gasteiger partial charge in [0.15, 0.2) is 0 Å². The number of nitrogens with two attached hydrogens (primary N) is 1. The fraction of sp³-hybridized carbons (Fsp3) is 0.500. The molecule has 0 aliphatic rings. The molecule has 0 saturated heterocycles. The third kappa shape index (κ3) is 6.29. The number of hydrogen-bond donors (Lipinski definition) is 3. The highest BCUT2D eigenvalue weighted by Crippen LogP contribution is 2.19. The van der Waals surface area contributed by atoms with Crippen molar-refractivity contribution in [3.8, 4) is 0 Å². The zero-order valence-corrected chi connectivity index (χ0v) is 12.5. The second-order valence-corrected chi connectivity index (χ2v) is 7.18. The lowest BCUT2D eigenvalue weighted by Crippen LogP contribution is -2.38. The molecule has 0 bridgehead atoms. The van der Waals surface area contributed by atoms with Gasteiger partial charge in [-0.15, -0.1) is 11.8 Å². The first-order valence-corrected chi connectivity index (χ1v) is 8.70. The van der Waals surface area contributed by atoms with Crippen LogP contribution in [0.15, 0.2) is 29.2 Å². The number of benzene rings is 1. The van der Waals surface area contributed by atoms with Gasteiger partial charge < -0.3 is 10.8 Å². The highest BCUT2D eigenvalue weighted by atomic mass is 32.2. The van der Waals surface area contributed by atoms with Crippen molar-refractivity contribution < 1.29 is 13.5 Å². The van der Waals surface area contributed by atoms with Gasteiger partial charge in [-0.3, -0.25) is 0 Å². The summed E-state index contributed by atoms with van der Waals surface area (Å²) in [6.45, 7) is 1.65. The molecule has 5 nitrogen and oxygen atoms in total. The van der Waals surface area contributed by atoms with E-state index in [2.05, 4.69) is 4.72 Å². The molecule has 1 aromatic carbocycles. The largest absolute Gasteiger partial charge is 0.399 e. The molecule has 0 saturated carbocycles. The summed E-state index contributed by atoms with van der Waals surface area (Å²) in [7, 11) is -3.34. The van der Waals surface area contributed by atoms with Crippen LogP contribution in [-0.4, -0.2) is 37.7 Å². The van der Waals surface area contributed by atoms with Gasteiger partial charge >= 0.3 is 0 Å². The van der Waals surface area contributed by atoms with E-state index < -0.39 is 16.1 Å². The molecule has 1 atom stereocenters. The summed E-state index contributed by atoms with van der Waals surface area (Å²) in [5.74, 6) is 0.486. The van der Waals surface area contributed by atoms with Gasteiger partial charge in [0.25, 0.3) is 0 Å². The number of thioether (sulfide) groups is 1. The monoisotopic (exact) mass is 304 g/mol. The Bertz CT molecular complexity index is 470. The molecule has 108 valence electrons. The van der Waals surface area contributed by atoms with E-state index in [0.29, 0.717) is 17.9 Å². The number of sulfonamides is 1. The Labute approximate surface area is 118 Å². The molecule has 0 spiro atoms. The Kier molecular flexibility index (Phi) is 6.64. The van der Waals surface area contributed by atoms with Gasteiger partial charge in [-0.2, -0.15) is 0 Å². The molecule has 0 heterocycles. The van der Waals surface area contributed by atoms with Gasteiger partial charge in [0.2, 0.25) is 10.0 Å². The van der Waals surface area contributed by atoms with Crippen LogP contribution in [0, 0.1) is 0 Å². The van der Waals surface area contributed by atoms with E-state index in [1.54, 1.807) is 12.1 Å². The molecular weight excluding hydrogens is 284 g/mol. The third-order valence-corrected chi connectivity index (χ3v) is 5.27. The highest BCUT2D eigenvalue weighted by molar-refractivity contribution is 8.00. The summed E-state index contributed by atoms with van der Waals surface area (Å²) in [4.78, 5) is 0.985.